The number of aliphatic hydroxyl groups is 1. The summed E-state index contributed by atoms with van der Waals surface area (Å²) in [4.78, 5) is 11.1. The molecule has 1 aromatic carbocycles. The first-order valence-corrected chi connectivity index (χ1v) is 9.35. The molecule has 1 saturated heterocycles. The minimum absolute atomic E-state index is 0.129. The Balaban J connectivity index is 1.84. The Labute approximate surface area is 160 Å². The SMILES string of the molecule is COc1ccc(CO[C@H](CCCC2(CC(=O)O)OCCO2)C[C@@H](C)O)cc1. The third-order valence-corrected chi connectivity index (χ3v) is 4.57. The Morgan fingerprint density at radius 3 is 2.48 bits per heavy atom. The van der Waals surface area contributed by atoms with Gasteiger partial charge in [-0.2, -0.15) is 0 Å². The highest BCUT2D eigenvalue weighted by atomic mass is 16.7. The minimum Gasteiger partial charge on any atom is -0.497 e. The van der Waals surface area contributed by atoms with Gasteiger partial charge in [-0.3, -0.25) is 4.79 Å². The number of rotatable bonds is 12. The monoisotopic (exact) mass is 382 g/mol. The van der Waals surface area contributed by atoms with Crippen molar-refractivity contribution in [2.75, 3.05) is 20.3 Å². The summed E-state index contributed by atoms with van der Waals surface area (Å²) in [5.41, 5.74) is 1.02. The van der Waals surface area contributed by atoms with Crippen LogP contribution in [-0.4, -0.2) is 54.5 Å². The smallest absolute Gasteiger partial charge is 0.308 e. The van der Waals surface area contributed by atoms with Crippen molar-refractivity contribution < 1.29 is 34.0 Å². The van der Waals surface area contributed by atoms with E-state index in [2.05, 4.69) is 0 Å². The maximum absolute atomic E-state index is 11.1. The fourth-order valence-electron chi connectivity index (χ4n) is 3.25. The molecule has 2 N–H and O–H groups in total. The van der Waals surface area contributed by atoms with Gasteiger partial charge in [0.2, 0.25) is 0 Å². The van der Waals surface area contributed by atoms with Crippen molar-refractivity contribution in [3.8, 4) is 5.75 Å². The Hall–Kier alpha value is -1.67. The summed E-state index contributed by atoms with van der Waals surface area (Å²) in [6.45, 7) is 3.00. The van der Waals surface area contributed by atoms with Crippen LogP contribution in [0.5, 0.6) is 5.75 Å². The van der Waals surface area contributed by atoms with E-state index in [0.29, 0.717) is 45.5 Å². The second-order valence-corrected chi connectivity index (χ2v) is 6.94. The van der Waals surface area contributed by atoms with Crippen molar-refractivity contribution in [3.05, 3.63) is 29.8 Å². The van der Waals surface area contributed by atoms with Gasteiger partial charge in [0.05, 0.1) is 45.6 Å². The summed E-state index contributed by atoms with van der Waals surface area (Å²) in [6, 6.07) is 7.65. The highest BCUT2D eigenvalue weighted by molar-refractivity contribution is 5.67. The molecule has 0 bridgehead atoms. The number of aliphatic carboxylic acids is 1. The number of carbonyl (C=O) groups is 1. The van der Waals surface area contributed by atoms with Crippen LogP contribution in [0.3, 0.4) is 0 Å². The minimum atomic E-state index is -1.03. The van der Waals surface area contributed by atoms with Crippen LogP contribution in [0, 0.1) is 0 Å². The Bertz CT molecular complexity index is 564. The predicted octanol–water partition coefficient (Wildman–Crippen LogP) is 2.74. The molecule has 0 amide bonds. The van der Waals surface area contributed by atoms with Crippen molar-refractivity contribution >= 4 is 5.97 Å². The molecule has 27 heavy (non-hydrogen) atoms. The van der Waals surface area contributed by atoms with Gasteiger partial charge in [0.25, 0.3) is 0 Å². The summed E-state index contributed by atoms with van der Waals surface area (Å²) in [5.74, 6) is -1.18. The van der Waals surface area contributed by atoms with Crippen molar-refractivity contribution in [2.45, 2.75) is 63.6 Å². The zero-order valence-corrected chi connectivity index (χ0v) is 16.1. The Morgan fingerprint density at radius 2 is 1.93 bits per heavy atom. The van der Waals surface area contributed by atoms with Gasteiger partial charge in [-0.15, -0.1) is 0 Å². The number of methoxy groups -OCH3 is 1. The number of hydrogen-bond acceptors (Lipinski definition) is 6. The molecule has 0 radical (unpaired) electrons. The first kappa shape index (κ1) is 21.6. The molecule has 0 unspecified atom stereocenters. The molecule has 0 saturated carbocycles. The standard InChI is InChI=1S/C20H30O7/c1-15(21)12-18(25-14-16-5-7-17(24-2)8-6-16)4-3-9-20(13-19(22)23)26-10-11-27-20/h5-8,15,18,21H,3-4,9-14H2,1-2H3,(H,22,23)/t15-,18-/m1/s1. The van der Waals surface area contributed by atoms with Crippen LogP contribution < -0.4 is 4.74 Å². The molecule has 1 aromatic rings. The molecule has 7 heteroatoms. The van der Waals surface area contributed by atoms with E-state index in [1.807, 2.05) is 24.3 Å². The van der Waals surface area contributed by atoms with Crippen molar-refractivity contribution in [1.82, 2.24) is 0 Å². The van der Waals surface area contributed by atoms with Gasteiger partial charge in [0.1, 0.15) is 5.75 Å². The quantitative estimate of drug-likeness (QED) is 0.574. The van der Waals surface area contributed by atoms with Crippen LogP contribution in [0.2, 0.25) is 0 Å². The molecule has 1 aliphatic heterocycles. The molecule has 2 rings (SSSR count). The van der Waals surface area contributed by atoms with Crippen LogP contribution >= 0.6 is 0 Å². The number of carboxylic acids is 1. The predicted molar refractivity (Wildman–Crippen MR) is 98.6 cm³/mol. The van der Waals surface area contributed by atoms with Crippen LogP contribution in [0.1, 0.15) is 44.6 Å². The first-order chi connectivity index (χ1) is 12.9. The van der Waals surface area contributed by atoms with Gasteiger partial charge in [-0.25, -0.2) is 0 Å². The lowest BCUT2D eigenvalue weighted by Crippen LogP contribution is -2.33. The molecule has 0 spiro atoms. The van der Waals surface area contributed by atoms with Gasteiger partial charge in [0.15, 0.2) is 5.79 Å². The third-order valence-electron chi connectivity index (χ3n) is 4.57. The molecular weight excluding hydrogens is 352 g/mol. The molecule has 7 nitrogen and oxygen atoms in total. The Kier molecular flexibility index (Phi) is 8.50. The van der Waals surface area contributed by atoms with E-state index >= 15 is 0 Å². The summed E-state index contributed by atoms with van der Waals surface area (Å²) in [7, 11) is 1.62. The maximum atomic E-state index is 11.1. The Morgan fingerprint density at radius 1 is 1.26 bits per heavy atom. The van der Waals surface area contributed by atoms with Gasteiger partial charge < -0.3 is 29.2 Å². The average Bonchev–Trinajstić information content (AvgIpc) is 3.07. The summed E-state index contributed by atoms with van der Waals surface area (Å²) >= 11 is 0. The van der Waals surface area contributed by atoms with E-state index < -0.39 is 17.9 Å². The topological polar surface area (TPSA) is 94.5 Å². The van der Waals surface area contributed by atoms with Gasteiger partial charge in [-0.05, 0) is 43.9 Å². The summed E-state index contributed by atoms with van der Waals surface area (Å²) < 4.78 is 22.3. The van der Waals surface area contributed by atoms with E-state index in [4.69, 9.17) is 24.1 Å². The number of benzene rings is 1. The number of carboxylic acid groups (broad SMARTS) is 1. The molecule has 1 fully saturated rings. The lowest BCUT2D eigenvalue weighted by Gasteiger charge is -2.27. The van der Waals surface area contributed by atoms with E-state index in [1.165, 1.54) is 0 Å². The van der Waals surface area contributed by atoms with Crippen LogP contribution in [0.15, 0.2) is 24.3 Å². The summed E-state index contributed by atoms with van der Waals surface area (Å²) in [5, 5.41) is 18.8. The lowest BCUT2D eigenvalue weighted by atomic mass is 10.0. The molecule has 0 aliphatic carbocycles. The number of aliphatic hydroxyl groups excluding tert-OH is 1. The van der Waals surface area contributed by atoms with Crippen LogP contribution in [0.25, 0.3) is 0 Å². The largest absolute Gasteiger partial charge is 0.497 e. The van der Waals surface area contributed by atoms with Crippen LogP contribution in [0.4, 0.5) is 0 Å². The molecule has 152 valence electrons. The summed E-state index contributed by atoms with van der Waals surface area (Å²) in [6.07, 6.45) is 1.61. The van der Waals surface area contributed by atoms with E-state index in [0.717, 1.165) is 11.3 Å². The highest BCUT2D eigenvalue weighted by Gasteiger charge is 2.38. The van der Waals surface area contributed by atoms with Crippen molar-refractivity contribution in [3.63, 3.8) is 0 Å². The molecule has 2 atom stereocenters. The van der Waals surface area contributed by atoms with Crippen molar-refractivity contribution in [2.24, 2.45) is 0 Å². The highest BCUT2D eigenvalue weighted by Crippen LogP contribution is 2.30. The molecular formula is C20H30O7. The number of ether oxygens (including phenoxy) is 4. The van der Waals surface area contributed by atoms with Crippen LogP contribution in [-0.2, 0) is 25.6 Å². The van der Waals surface area contributed by atoms with Gasteiger partial charge in [-0.1, -0.05) is 12.1 Å². The van der Waals surface area contributed by atoms with Gasteiger partial charge >= 0.3 is 5.97 Å². The molecule has 1 heterocycles. The fraction of sp³-hybridized carbons (Fsp3) is 0.650. The van der Waals surface area contributed by atoms with Crippen molar-refractivity contribution in [1.29, 1.82) is 0 Å². The lowest BCUT2D eigenvalue weighted by molar-refractivity contribution is -0.183. The zero-order chi connectivity index (χ0) is 19.7. The third kappa shape index (κ3) is 7.46. The molecule has 1 aliphatic rings. The number of hydrogen-bond donors (Lipinski definition) is 2. The van der Waals surface area contributed by atoms with E-state index in [-0.39, 0.29) is 12.5 Å². The van der Waals surface area contributed by atoms with Gasteiger partial charge in [0, 0.05) is 6.42 Å². The second-order valence-electron chi connectivity index (χ2n) is 6.94. The van der Waals surface area contributed by atoms with E-state index in [9.17, 15) is 9.90 Å². The zero-order valence-electron chi connectivity index (χ0n) is 16.1. The van der Waals surface area contributed by atoms with E-state index in [1.54, 1.807) is 14.0 Å². The second kappa shape index (κ2) is 10.6. The first-order valence-electron chi connectivity index (χ1n) is 9.35. The molecule has 0 aromatic heterocycles. The average molecular weight is 382 g/mol. The fourth-order valence-corrected chi connectivity index (χ4v) is 3.25. The maximum Gasteiger partial charge on any atom is 0.308 e. The normalized spacial score (nSPS) is 18.2.